The highest BCUT2D eigenvalue weighted by Crippen LogP contribution is 2.14. The fourth-order valence-corrected chi connectivity index (χ4v) is 3.31. The van der Waals surface area contributed by atoms with Gasteiger partial charge in [-0.1, -0.05) is 17.7 Å². The topological polar surface area (TPSA) is 79.6 Å². The summed E-state index contributed by atoms with van der Waals surface area (Å²) in [4.78, 5) is 12.0. The number of sulfonamides is 1. The fourth-order valence-electron chi connectivity index (χ4n) is 2.14. The number of carbonyl (C=O) groups is 1. The van der Waals surface area contributed by atoms with Crippen LogP contribution in [0, 0.1) is 6.92 Å². The second-order valence-electron chi connectivity index (χ2n) is 5.57. The number of hydrogen-bond acceptors (Lipinski definition) is 4. The van der Waals surface area contributed by atoms with Gasteiger partial charge in [-0.15, -0.1) is 0 Å². The third-order valence-electron chi connectivity index (χ3n) is 3.66. The molecule has 6 nitrogen and oxygen atoms in total. The first-order valence-electron chi connectivity index (χ1n) is 7.71. The van der Waals surface area contributed by atoms with E-state index >= 15 is 0 Å². The van der Waals surface area contributed by atoms with Crippen LogP contribution in [0.4, 0.5) is 0 Å². The van der Waals surface area contributed by atoms with Crippen LogP contribution in [0.3, 0.4) is 0 Å². The van der Waals surface area contributed by atoms with Crippen molar-refractivity contribution in [2.24, 2.45) is 0 Å². The van der Waals surface area contributed by atoms with Crippen LogP contribution in [-0.4, -0.2) is 38.8 Å². The van der Waals surface area contributed by atoms with E-state index in [1.807, 2.05) is 13.0 Å². The number of rotatable bonds is 8. The summed E-state index contributed by atoms with van der Waals surface area (Å²) >= 11 is 0. The molecule has 1 aromatic carbocycles. The van der Waals surface area contributed by atoms with E-state index in [1.54, 1.807) is 36.6 Å². The minimum atomic E-state index is -3.53. The van der Waals surface area contributed by atoms with Crippen molar-refractivity contribution in [3.8, 4) is 0 Å². The zero-order valence-corrected chi connectivity index (χ0v) is 14.7. The Morgan fingerprint density at radius 1 is 1.21 bits per heavy atom. The Morgan fingerprint density at radius 3 is 2.54 bits per heavy atom. The lowest BCUT2D eigenvalue weighted by Gasteiger charge is -2.17. The van der Waals surface area contributed by atoms with E-state index in [0.717, 1.165) is 11.3 Å². The third-order valence-corrected chi connectivity index (χ3v) is 5.53. The van der Waals surface area contributed by atoms with Crippen LogP contribution >= 0.6 is 0 Å². The van der Waals surface area contributed by atoms with Crippen LogP contribution in [0.2, 0.25) is 0 Å². The van der Waals surface area contributed by atoms with Gasteiger partial charge >= 0.3 is 0 Å². The van der Waals surface area contributed by atoms with Gasteiger partial charge in [-0.05, 0) is 31.2 Å². The van der Waals surface area contributed by atoms with Crippen LogP contribution in [0.25, 0.3) is 0 Å². The van der Waals surface area contributed by atoms with Gasteiger partial charge in [0.1, 0.15) is 5.76 Å². The van der Waals surface area contributed by atoms with E-state index < -0.39 is 10.0 Å². The number of carbonyl (C=O) groups excluding carboxylic acids is 1. The molecule has 0 radical (unpaired) electrons. The molecule has 1 heterocycles. The molecular weight excluding hydrogens is 328 g/mol. The largest absolute Gasteiger partial charge is 0.469 e. The molecule has 130 valence electrons. The summed E-state index contributed by atoms with van der Waals surface area (Å²) < 4.78 is 31.2. The molecule has 2 rings (SSSR count). The molecule has 0 saturated carbocycles. The predicted molar refractivity (Wildman–Crippen MR) is 91.0 cm³/mol. The summed E-state index contributed by atoms with van der Waals surface area (Å²) in [6.45, 7) is 2.37. The molecule has 0 aliphatic rings. The SMILES string of the molecule is Cc1ccc(S(=O)(=O)N(C)CCNC(=O)CCc2ccco2)cc1. The van der Waals surface area contributed by atoms with Gasteiger partial charge in [-0.3, -0.25) is 4.79 Å². The number of likely N-dealkylation sites (N-methyl/N-ethyl adjacent to an activating group) is 1. The van der Waals surface area contributed by atoms with Gasteiger partial charge in [0.05, 0.1) is 11.2 Å². The highest BCUT2D eigenvalue weighted by Gasteiger charge is 2.20. The molecule has 0 bridgehead atoms. The molecule has 0 saturated heterocycles. The second-order valence-corrected chi connectivity index (χ2v) is 7.61. The maximum atomic E-state index is 12.4. The van der Waals surface area contributed by atoms with Crippen molar-refractivity contribution in [1.29, 1.82) is 0 Å². The summed E-state index contributed by atoms with van der Waals surface area (Å²) in [6, 6.07) is 10.3. The predicted octanol–water partition coefficient (Wildman–Crippen LogP) is 1.96. The first kappa shape index (κ1) is 18.2. The van der Waals surface area contributed by atoms with Crippen molar-refractivity contribution >= 4 is 15.9 Å². The Morgan fingerprint density at radius 2 is 1.92 bits per heavy atom. The van der Waals surface area contributed by atoms with Crippen molar-refractivity contribution in [3.63, 3.8) is 0 Å². The average molecular weight is 350 g/mol. The van der Waals surface area contributed by atoms with Gasteiger partial charge in [0.2, 0.25) is 15.9 Å². The Bertz CT molecular complexity index is 752. The zero-order valence-electron chi connectivity index (χ0n) is 13.9. The molecule has 1 aromatic heterocycles. The van der Waals surface area contributed by atoms with Gasteiger partial charge in [-0.25, -0.2) is 8.42 Å². The normalized spacial score (nSPS) is 11.6. The third kappa shape index (κ3) is 4.94. The summed E-state index contributed by atoms with van der Waals surface area (Å²) in [5.74, 6) is 0.622. The van der Waals surface area contributed by atoms with Crippen LogP contribution in [0.15, 0.2) is 52.0 Å². The van der Waals surface area contributed by atoms with E-state index in [9.17, 15) is 13.2 Å². The number of nitrogens with one attached hydrogen (secondary N) is 1. The Hall–Kier alpha value is -2.12. The first-order chi connectivity index (χ1) is 11.4. The molecule has 1 N–H and O–H groups in total. The second kappa shape index (κ2) is 8.12. The van der Waals surface area contributed by atoms with Crippen molar-refractivity contribution in [1.82, 2.24) is 9.62 Å². The van der Waals surface area contributed by atoms with Gasteiger partial charge in [0, 0.05) is 33.0 Å². The number of aryl methyl sites for hydroxylation is 2. The molecule has 24 heavy (non-hydrogen) atoms. The Labute approximate surface area is 142 Å². The van der Waals surface area contributed by atoms with E-state index in [1.165, 1.54) is 11.4 Å². The maximum absolute atomic E-state index is 12.4. The standard InChI is InChI=1S/C17H22N2O4S/c1-14-5-8-16(9-6-14)24(21,22)19(2)12-11-18-17(20)10-7-15-4-3-13-23-15/h3-6,8-9,13H,7,10-12H2,1-2H3,(H,18,20). The zero-order chi connectivity index (χ0) is 17.6. The molecule has 2 aromatic rings. The highest BCUT2D eigenvalue weighted by molar-refractivity contribution is 7.89. The van der Waals surface area contributed by atoms with Gasteiger partial charge in [0.25, 0.3) is 0 Å². The summed E-state index contributed by atoms with van der Waals surface area (Å²) in [7, 11) is -2.03. The molecule has 0 aliphatic carbocycles. The first-order valence-corrected chi connectivity index (χ1v) is 9.15. The van der Waals surface area contributed by atoms with Crippen LogP contribution in [0.1, 0.15) is 17.7 Å². The quantitative estimate of drug-likeness (QED) is 0.789. The monoisotopic (exact) mass is 350 g/mol. The number of hydrogen-bond donors (Lipinski definition) is 1. The molecule has 7 heteroatoms. The van der Waals surface area contributed by atoms with Crippen LogP contribution in [-0.2, 0) is 21.2 Å². The Kier molecular flexibility index (Phi) is 6.16. The molecule has 0 spiro atoms. The van der Waals surface area contributed by atoms with E-state index in [4.69, 9.17) is 4.42 Å². The summed E-state index contributed by atoms with van der Waals surface area (Å²) in [6.07, 6.45) is 2.40. The average Bonchev–Trinajstić information content (AvgIpc) is 3.06. The minimum Gasteiger partial charge on any atom is -0.469 e. The van der Waals surface area contributed by atoms with Crippen molar-refractivity contribution in [2.45, 2.75) is 24.7 Å². The van der Waals surface area contributed by atoms with Crippen molar-refractivity contribution in [3.05, 3.63) is 54.0 Å². The maximum Gasteiger partial charge on any atom is 0.242 e. The van der Waals surface area contributed by atoms with E-state index in [2.05, 4.69) is 5.32 Å². The molecule has 0 atom stereocenters. The Balaban J connectivity index is 1.78. The van der Waals surface area contributed by atoms with Crippen LogP contribution in [0.5, 0.6) is 0 Å². The molecule has 0 unspecified atom stereocenters. The summed E-state index contributed by atoms with van der Waals surface area (Å²) in [5, 5.41) is 2.72. The fraction of sp³-hybridized carbons (Fsp3) is 0.353. The van der Waals surface area contributed by atoms with Crippen molar-refractivity contribution in [2.75, 3.05) is 20.1 Å². The number of nitrogens with zero attached hydrogens (tertiary/aromatic N) is 1. The van der Waals surface area contributed by atoms with Crippen molar-refractivity contribution < 1.29 is 17.6 Å². The molecule has 0 aliphatic heterocycles. The van der Waals surface area contributed by atoms with Gasteiger partial charge in [-0.2, -0.15) is 4.31 Å². The molecular formula is C17H22N2O4S. The lowest BCUT2D eigenvalue weighted by atomic mass is 10.2. The minimum absolute atomic E-state index is 0.132. The van der Waals surface area contributed by atoms with Gasteiger partial charge < -0.3 is 9.73 Å². The van der Waals surface area contributed by atoms with Crippen LogP contribution < -0.4 is 5.32 Å². The highest BCUT2D eigenvalue weighted by atomic mass is 32.2. The lowest BCUT2D eigenvalue weighted by molar-refractivity contribution is -0.121. The molecule has 1 amide bonds. The number of amides is 1. The molecule has 0 fully saturated rings. The summed E-state index contributed by atoms with van der Waals surface area (Å²) in [5.41, 5.74) is 1.00. The smallest absolute Gasteiger partial charge is 0.242 e. The van der Waals surface area contributed by atoms with E-state index in [-0.39, 0.29) is 23.9 Å². The number of benzene rings is 1. The van der Waals surface area contributed by atoms with E-state index in [0.29, 0.717) is 12.8 Å². The lowest BCUT2D eigenvalue weighted by Crippen LogP contribution is -2.36. The van der Waals surface area contributed by atoms with Gasteiger partial charge in [0.15, 0.2) is 0 Å². The number of furan rings is 1.